The molecule has 0 unspecified atom stereocenters. The van der Waals surface area contributed by atoms with E-state index in [9.17, 15) is 9.18 Å². The lowest BCUT2D eigenvalue weighted by molar-refractivity contribution is -0.138. The molecular weight excluding hydrogens is 293 g/mol. The van der Waals surface area contributed by atoms with Crippen molar-refractivity contribution in [1.29, 1.82) is 0 Å². The monoisotopic (exact) mass is 319 g/mol. The third kappa shape index (κ3) is 4.30. The molecule has 1 aromatic rings. The van der Waals surface area contributed by atoms with E-state index in [2.05, 4.69) is 17.1 Å². The Morgan fingerprint density at radius 1 is 1.30 bits per heavy atom. The molecular formula is C18H26FN3O. The maximum absolute atomic E-state index is 13.3. The number of nitrogens with one attached hydrogen (secondary N) is 1. The van der Waals surface area contributed by atoms with E-state index in [-0.39, 0.29) is 11.7 Å². The Morgan fingerprint density at radius 3 is 2.78 bits per heavy atom. The molecule has 5 heteroatoms. The van der Waals surface area contributed by atoms with E-state index in [4.69, 9.17) is 0 Å². The Morgan fingerprint density at radius 2 is 2.09 bits per heavy atom. The molecule has 2 heterocycles. The average molecular weight is 319 g/mol. The van der Waals surface area contributed by atoms with Gasteiger partial charge in [-0.25, -0.2) is 4.39 Å². The largest absolute Gasteiger partial charge is 0.340 e. The molecule has 0 bridgehead atoms. The second-order valence-corrected chi connectivity index (χ2v) is 6.81. The normalized spacial score (nSPS) is 26.3. The minimum Gasteiger partial charge on any atom is -0.340 e. The summed E-state index contributed by atoms with van der Waals surface area (Å²) in [7, 11) is 0. The van der Waals surface area contributed by atoms with Crippen molar-refractivity contribution in [3.8, 4) is 0 Å². The molecule has 3 rings (SSSR count). The lowest BCUT2D eigenvalue weighted by Crippen LogP contribution is -2.51. The Kier molecular flexibility index (Phi) is 5.28. The van der Waals surface area contributed by atoms with Gasteiger partial charge in [0.15, 0.2) is 0 Å². The first-order chi connectivity index (χ1) is 11.1. The van der Waals surface area contributed by atoms with Crippen LogP contribution in [0.25, 0.3) is 0 Å². The molecule has 2 atom stereocenters. The maximum Gasteiger partial charge on any atom is 0.225 e. The Bertz CT molecular complexity index is 543. The molecule has 1 N–H and O–H groups in total. The molecule has 2 aliphatic rings. The zero-order valence-electron chi connectivity index (χ0n) is 13.8. The van der Waals surface area contributed by atoms with E-state index in [0.717, 1.165) is 57.7 Å². The number of carbonyl (C=O) groups is 1. The maximum atomic E-state index is 13.3. The smallest absolute Gasteiger partial charge is 0.225 e. The van der Waals surface area contributed by atoms with Crippen molar-refractivity contribution in [2.75, 3.05) is 32.7 Å². The van der Waals surface area contributed by atoms with Gasteiger partial charge in [-0.15, -0.1) is 0 Å². The fraction of sp³-hybridized carbons (Fsp3) is 0.611. The molecule has 0 spiro atoms. The topological polar surface area (TPSA) is 35.6 Å². The minimum absolute atomic E-state index is 0.181. The van der Waals surface area contributed by atoms with Crippen LogP contribution in [0.15, 0.2) is 24.3 Å². The number of piperidine rings is 1. The first-order valence-electron chi connectivity index (χ1n) is 8.61. The molecule has 1 aromatic carbocycles. The van der Waals surface area contributed by atoms with Gasteiger partial charge in [-0.05, 0) is 44.0 Å². The van der Waals surface area contributed by atoms with Crippen LogP contribution in [-0.4, -0.2) is 54.5 Å². The van der Waals surface area contributed by atoms with Crippen LogP contribution < -0.4 is 5.32 Å². The molecule has 23 heavy (non-hydrogen) atoms. The highest BCUT2D eigenvalue weighted by Crippen LogP contribution is 2.20. The molecule has 2 saturated heterocycles. The summed E-state index contributed by atoms with van der Waals surface area (Å²) in [6.45, 7) is 7.14. The first kappa shape index (κ1) is 16.4. The van der Waals surface area contributed by atoms with Crippen LogP contribution in [0.5, 0.6) is 0 Å². The summed E-state index contributed by atoms with van der Waals surface area (Å²) in [6.07, 6.45) is 1.90. The van der Waals surface area contributed by atoms with Gasteiger partial charge in [-0.1, -0.05) is 12.1 Å². The van der Waals surface area contributed by atoms with Crippen molar-refractivity contribution in [3.63, 3.8) is 0 Å². The number of rotatable bonds is 3. The molecule has 0 aromatic heterocycles. The zero-order valence-corrected chi connectivity index (χ0v) is 13.8. The van der Waals surface area contributed by atoms with Crippen molar-refractivity contribution in [2.45, 2.75) is 32.4 Å². The third-order valence-corrected chi connectivity index (χ3v) is 4.95. The van der Waals surface area contributed by atoms with E-state index in [1.807, 2.05) is 11.0 Å². The fourth-order valence-corrected chi connectivity index (χ4v) is 3.63. The Labute approximate surface area is 137 Å². The molecule has 4 nitrogen and oxygen atoms in total. The molecule has 1 amide bonds. The second kappa shape index (κ2) is 7.41. The van der Waals surface area contributed by atoms with E-state index in [1.165, 1.54) is 6.07 Å². The number of hydrogen-bond donors (Lipinski definition) is 1. The lowest BCUT2D eigenvalue weighted by Gasteiger charge is -2.38. The highest BCUT2D eigenvalue weighted by molar-refractivity contribution is 5.79. The van der Waals surface area contributed by atoms with E-state index >= 15 is 0 Å². The summed E-state index contributed by atoms with van der Waals surface area (Å²) >= 11 is 0. The van der Waals surface area contributed by atoms with Crippen LogP contribution in [-0.2, 0) is 11.3 Å². The average Bonchev–Trinajstić information content (AvgIpc) is 2.55. The summed E-state index contributed by atoms with van der Waals surface area (Å²) in [4.78, 5) is 17.0. The number of nitrogens with zero attached hydrogens (tertiary/aromatic N) is 2. The Balaban J connectivity index is 1.49. The third-order valence-electron chi connectivity index (χ3n) is 4.95. The van der Waals surface area contributed by atoms with Gasteiger partial charge in [0.2, 0.25) is 5.91 Å². The second-order valence-electron chi connectivity index (χ2n) is 6.81. The molecule has 0 radical (unpaired) electrons. The van der Waals surface area contributed by atoms with Gasteiger partial charge in [0.05, 0.1) is 0 Å². The number of amides is 1. The molecule has 2 aliphatic heterocycles. The first-order valence-corrected chi connectivity index (χ1v) is 8.61. The molecule has 0 saturated carbocycles. The lowest BCUT2D eigenvalue weighted by atomic mass is 9.92. The number of hydrogen-bond acceptors (Lipinski definition) is 3. The number of benzene rings is 1. The predicted molar refractivity (Wildman–Crippen MR) is 88.4 cm³/mol. The number of piperazine rings is 1. The zero-order chi connectivity index (χ0) is 16.2. The van der Waals surface area contributed by atoms with E-state index < -0.39 is 0 Å². The van der Waals surface area contributed by atoms with E-state index in [0.29, 0.717) is 11.9 Å². The molecule has 126 valence electrons. The highest BCUT2D eigenvalue weighted by Gasteiger charge is 2.30. The predicted octanol–water partition coefficient (Wildman–Crippen LogP) is 1.86. The van der Waals surface area contributed by atoms with Crippen LogP contribution >= 0.6 is 0 Å². The standard InChI is InChI=1S/C18H26FN3O/c1-14-11-16(5-6-20-14)18(23)22-9-7-21(8-10-22)13-15-3-2-4-17(19)12-15/h2-4,12,14,16,20H,5-11,13H2,1H3/t14-,16-/m0/s1. The van der Waals surface area contributed by atoms with Gasteiger partial charge in [0.25, 0.3) is 0 Å². The molecule has 2 fully saturated rings. The van der Waals surface area contributed by atoms with Crippen LogP contribution in [0.4, 0.5) is 4.39 Å². The van der Waals surface area contributed by atoms with Crippen molar-refractivity contribution in [1.82, 2.24) is 15.1 Å². The fourth-order valence-electron chi connectivity index (χ4n) is 3.63. The number of halogens is 1. The summed E-state index contributed by atoms with van der Waals surface area (Å²) in [5, 5.41) is 3.40. The quantitative estimate of drug-likeness (QED) is 0.924. The van der Waals surface area contributed by atoms with Gasteiger partial charge in [-0.2, -0.15) is 0 Å². The highest BCUT2D eigenvalue weighted by atomic mass is 19.1. The summed E-state index contributed by atoms with van der Waals surface area (Å²) in [6, 6.07) is 7.21. The van der Waals surface area contributed by atoms with Gasteiger partial charge in [0.1, 0.15) is 5.82 Å². The minimum atomic E-state index is -0.184. The van der Waals surface area contributed by atoms with Crippen LogP contribution in [0.2, 0.25) is 0 Å². The van der Waals surface area contributed by atoms with Gasteiger partial charge in [-0.3, -0.25) is 9.69 Å². The number of carbonyl (C=O) groups excluding carboxylic acids is 1. The Hall–Kier alpha value is -1.46. The summed E-state index contributed by atoms with van der Waals surface area (Å²) in [5.74, 6) is 0.320. The van der Waals surface area contributed by atoms with Crippen LogP contribution in [0.3, 0.4) is 0 Å². The van der Waals surface area contributed by atoms with Crippen molar-refractivity contribution in [2.24, 2.45) is 5.92 Å². The van der Waals surface area contributed by atoms with Crippen LogP contribution in [0.1, 0.15) is 25.3 Å². The van der Waals surface area contributed by atoms with Gasteiger partial charge in [0, 0.05) is 44.7 Å². The summed E-state index contributed by atoms with van der Waals surface area (Å²) < 4.78 is 13.3. The van der Waals surface area contributed by atoms with Gasteiger partial charge >= 0.3 is 0 Å². The summed E-state index contributed by atoms with van der Waals surface area (Å²) in [5.41, 5.74) is 0.997. The van der Waals surface area contributed by atoms with Crippen molar-refractivity contribution >= 4 is 5.91 Å². The van der Waals surface area contributed by atoms with Crippen LogP contribution in [0, 0.1) is 11.7 Å². The van der Waals surface area contributed by atoms with Crippen molar-refractivity contribution < 1.29 is 9.18 Å². The molecule has 0 aliphatic carbocycles. The SMILES string of the molecule is C[C@H]1C[C@@H](C(=O)N2CCN(Cc3cccc(F)c3)CC2)CCN1. The van der Waals surface area contributed by atoms with E-state index in [1.54, 1.807) is 12.1 Å². The van der Waals surface area contributed by atoms with Crippen molar-refractivity contribution in [3.05, 3.63) is 35.6 Å². The van der Waals surface area contributed by atoms with Gasteiger partial charge < -0.3 is 10.2 Å².